The van der Waals surface area contributed by atoms with Crippen molar-refractivity contribution >= 4 is 71.9 Å². The van der Waals surface area contributed by atoms with Crippen LogP contribution in [0.4, 0.5) is 0 Å². The maximum absolute atomic E-state index is 2.36. The van der Waals surface area contributed by atoms with Gasteiger partial charge in [-0.1, -0.05) is 0 Å². The van der Waals surface area contributed by atoms with Crippen LogP contribution in [-0.2, 0) is 0 Å². The van der Waals surface area contributed by atoms with E-state index in [4.69, 9.17) is 0 Å². The van der Waals surface area contributed by atoms with Crippen LogP contribution in [0.5, 0.6) is 0 Å². The van der Waals surface area contributed by atoms with E-state index in [0.29, 0.717) is 0 Å². The summed E-state index contributed by atoms with van der Waals surface area (Å²) in [7, 11) is 10.6. The van der Waals surface area contributed by atoms with E-state index in [1.165, 1.54) is 0 Å². The molecule has 0 aliphatic carbocycles. The molecule has 0 saturated carbocycles. The number of rotatable bonds is 6. The summed E-state index contributed by atoms with van der Waals surface area (Å²) < 4.78 is 0. The highest BCUT2D eigenvalue weighted by atomic mass is 127. The highest BCUT2D eigenvalue weighted by Crippen LogP contribution is 1.84. The summed E-state index contributed by atoms with van der Waals surface area (Å²) in [4.78, 5) is 6.79. The van der Waals surface area contributed by atoms with Gasteiger partial charge in [0.05, 0.1) is 0 Å². The second kappa shape index (κ2) is 16.1. The fraction of sp³-hybridized carbons (Fsp3) is 1.00. The van der Waals surface area contributed by atoms with Crippen LogP contribution in [-0.4, -0.2) is 76.1 Å². The van der Waals surface area contributed by atoms with Gasteiger partial charge in [-0.2, -0.15) is 0 Å². The lowest BCUT2D eigenvalue weighted by Crippen LogP contribution is -2.33. The Labute approximate surface area is 146 Å². The molecule has 0 amide bonds. The molecule has 15 heavy (non-hydrogen) atoms. The molecule has 0 aromatic carbocycles. The Morgan fingerprint density at radius 1 is 0.533 bits per heavy atom. The summed E-state index contributed by atoms with van der Waals surface area (Å²) in [6, 6.07) is 0. The van der Waals surface area contributed by atoms with Crippen molar-refractivity contribution in [2.75, 3.05) is 61.4 Å². The Morgan fingerprint density at radius 2 is 0.800 bits per heavy atom. The predicted molar refractivity (Wildman–Crippen MR) is 101 cm³/mol. The maximum atomic E-state index is 2.36. The Balaban J connectivity index is -0.000000202. The lowest BCUT2D eigenvalue weighted by atomic mass is 10.4. The van der Waals surface area contributed by atoms with Crippen molar-refractivity contribution in [2.45, 2.75) is 0 Å². The van der Waals surface area contributed by atoms with Gasteiger partial charge >= 0.3 is 0 Å². The first-order chi connectivity index (χ1) is 5.52. The highest BCUT2D eigenvalue weighted by molar-refractivity contribution is 14.0. The van der Waals surface area contributed by atoms with Gasteiger partial charge in [-0.25, -0.2) is 0 Å². The molecule has 0 atom stereocenters. The lowest BCUT2D eigenvalue weighted by Gasteiger charge is -2.20. The van der Waals surface area contributed by atoms with Gasteiger partial charge in [-0.3, -0.25) is 0 Å². The van der Waals surface area contributed by atoms with Crippen molar-refractivity contribution in [1.29, 1.82) is 0 Å². The van der Waals surface area contributed by atoms with Crippen LogP contribution in [0.15, 0.2) is 0 Å². The fourth-order valence-electron chi connectivity index (χ4n) is 0.853. The van der Waals surface area contributed by atoms with E-state index in [-0.39, 0.29) is 71.9 Å². The first-order valence-corrected chi connectivity index (χ1v) is 4.50. The third-order valence-corrected chi connectivity index (χ3v) is 1.86. The van der Waals surface area contributed by atoms with Gasteiger partial charge in [0.15, 0.2) is 0 Å². The van der Waals surface area contributed by atoms with Gasteiger partial charge < -0.3 is 14.7 Å². The number of nitrogens with zero attached hydrogens (tertiary/aromatic N) is 3. The monoisotopic (exact) mass is 557 g/mol. The minimum atomic E-state index is 0. The Morgan fingerprint density at radius 3 is 1.00 bits per heavy atom. The Hall–Kier alpha value is 2.07. The molecule has 0 saturated heterocycles. The molecule has 3 nitrogen and oxygen atoms in total. The van der Waals surface area contributed by atoms with Crippen molar-refractivity contribution in [3.8, 4) is 0 Å². The second-order valence-corrected chi connectivity index (χ2v) is 3.91. The molecule has 0 aliphatic rings. The van der Waals surface area contributed by atoms with E-state index in [0.717, 1.165) is 26.2 Å². The first kappa shape index (κ1) is 25.8. The summed E-state index contributed by atoms with van der Waals surface area (Å²) in [5.74, 6) is 0. The largest absolute Gasteiger partial charge is 0.308 e. The standard InChI is InChI=1S/C9H23N3.3HI/c1-10(2)6-8-12(5)9-7-11(3)4;;;/h6-9H2,1-5H3;3*1H. The van der Waals surface area contributed by atoms with E-state index in [2.05, 4.69) is 49.9 Å². The van der Waals surface area contributed by atoms with Crippen molar-refractivity contribution in [3.63, 3.8) is 0 Å². The molecule has 98 valence electrons. The maximum Gasteiger partial charge on any atom is 0.0107 e. The first-order valence-electron chi connectivity index (χ1n) is 4.50. The van der Waals surface area contributed by atoms with Gasteiger partial charge in [0.2, 0.25) is 0 Å². The van der Waals surface area contributed by atoms with Gasteiger partial charge in [0.1, 0.15) is 0 Å². The van der Waals surface area contributed by atoms with Crippen molar-refractivity contribution in [1.82, 2.24) is 14.7 Å². The summed E-state index contributed by atoms with van der Waals surface area (Å²) in [5.41, 5.74) is 0. The summed E-state index contributed by atoms with van der Waals surface area (Å²) in [5, 5.41) is 0. The number of likely N-dealkylation sites (N-methyl/N-ethyl adjacent to an activating group) is 3. The molecule has 0 rings (SSSR count). The molecule has 0 spiro atoms. The molecule has 0 N–H and O–H groups in total. The van der Waals surface area contributed by atoms with Crippen molar-refractivity contribution in [2.24, 2.45) is 0 Å². The molecule has 0 radical (unpaired) electrons. The third-order valence-electron chi connectivity index (χ3n) is 1.86. The van der Waals surface area contributed by atoms with E-state index in [1.807, 2.05) is 0 Å². The van der Waals surface area contributed by atoms with Gasteiger partial charge in [-0.05, 0) is 35.2 Å². The Kier molecular flexibility index (Phi) is 27.6. The van der Waals surface area contributed by atoms with Crippen LogP contribution in [0.2, 0.25) is 0 Å². The number of hydrogen-bond acceptors (Lipinski definition) is 3. The minimum Gasteiger partial charge on any atom is -0.308 e. The van der Waals surface area contributed by atoms with Crippen LogP contribution < -0.4 is 0 Å². The third kappa shape index (κ3) is 21.8. The molecule has 0 aliphatic heterocycles. The quantitative estimate of drug-likeness (QED) is 0.463. The SMILES string of the molecule is CN(C)CCN(C)CCN(C)C.I.I.I. The lowest BCUT2D eigenvalue weighted by molar-refractivity contribution is 0.254. The minimum absolute atomic E-state index is 0. The smallest absolute Gasteiger partial charge is 0.0107 e. The van der Waals surface area contributed by atoms with Crippen molar-refractivity contribution < 1.29 is 0 Å². The zero-order valence-electron chi connectivity index (χ0n) is 10.4. The average molecular weight is 557 g/mol. The number of halogens is 3. The molecule has 0 unspecified atom stereocenters. The predicted octanol–water partition coefficient (Wildman–Crippen LogP) is 1.90. The molecule has 6 heteroatoms. The average Bonchev–Trinajstić information content (AvgIpc) is 1.96. The molecular formula is C9H26I3N3. The van der Waals surface area contributed by atoms with Crippen LogP contribution in [0.1, 0.15) is 0 Å². The van der Waals surface area contributed by atoms with E-state index < -0.39 is 0 Å². The van der Waals surface area contributed by atoms with Gasteiger partial charge in [-0.15, -0.1) is 71.9 Å². The molecule has 0 aromatic rings. The van der Waals surface area contributed by atoms with Crippen LogP contribution >= 0.6 is 71.9 Å². The van der Waals surface area contributed by atoms with Gasteiger partial charge in [0.25, 0.3) is 0 Å². The molecule has 0 bridgehead atoms. The fourth-order valence-corrected chi connectivity index (χ4v) is 0.853. The summed E-state index contributed by atoms with van der Waals surface area (Å²) in [6.45, 7) is 4.59. The number of hydrogen-bond donors (Lipinski definition) is 0. The van der Waals surface area contributed by atoms with E-state index in [9.17, 15) is 0 Å². The zero-order valence-corrected chi connectivity index (χ0v) is 17.4. The topological polar surface area (TPSA) is 9.72 Å². The van der Waals surface area contributed by atoms with Gasteiger partial charge in [0, 0.05) is 26.2 Å². The van der Waals surface area contributed by atoms with E-state index in [1.54, 1.807) is 0 Å². The van der Waals surface area contributed by atoms with Crippen molar-refractivity contribution in [3.05, 3.63) is 0 Å². The molecule has 0 fully saturated rings. The summed E-state index contributed by atoms with van der Waals surface area (Å²) >= 11 is 0. The van der Waals surface area contributed by atoms with Crippen LogP contribution in [0.3, 0.4) is 0 Å². The zero-order chi connectivity index (χ0) is 9.56. The molecule has 0 aromatic heterocycles. The normalized spacial score (nSPS) is 9.60. The summed E-state index contributed by atoms with van der Waals surface area (Å²) in [6.07, 6.45) is 0. The molecular weight excluding hydrogens is 531 g/mol. The second-order valence-electron chi connectivity index (χ2n) is 3.91. The van der Waals surface area contributed by atoms with Crippen LogP contribution in [0, 0.1) is 0 Å². The Bertz CT molecular complexity index is 101. The highest BCUT2D eigenvalue weighted by Gasteiger charge is 1.98. The molecule has 0 heterocycles. The van der Waals surface area contributed by atoms with Crippen LogP contribution in [0.25, 0.3) is 0 Å². The van der Waals surface area contributed by atoms with E-state index >= 15 is 0 Å².